The molecule has 0 N–H and O–H groups in total. The molecule has 0 amide bonds. The third-order valence-corrected chi connectivity index (χ3v) is 1.01. The molecule has 0 spiro atoms. The van der Waals surface area contributed by atoms with Crippen LogP contribution in [0.3, 0.4) is 0 Å². The highest BCUT2D eigenvalue weighted by Gasteiger charge is 2.13. The maximum absolute atomic E-state index is 10.4. The average Bonchev–Trinajstić information content (AvgIpc) is 1.69. The van der Waals surface area contributed by atoms with E-state index in [1.54, 1.807) is 0 Å². The Labute approximate surface area is 49.3 Å². The van der Waals surface area contributed by atoms with Gasteiger partial charge in [-0.2, -0.15) is 0 Å². The molecule has 0 aliphatic heterocycles. The van der Waals surface area contributed by atoms with Crippen molar-refractivity contribution in [2.45, 2.75) is 26.3 Å². The highest BCUT2D eigenvalue weighted by molar-refractivity contribution is 5.82. The Bertz CT molecular complexity index is 123. The van der Waals surface area contributed by atoms with Gasteiger partial charge in [0.15, 0.2) is 0 Å². The van der Waals surface area contributed by atoms with E-state index in [0.29, 0.717) is 6.42 Å². The predicted octanol–water partition coefficient (Wildman–Crippen LogP) is 1.27. The van der Waals surface area contributed by atoms with Crippen molar-refractivity contribution in [1.29, 1.82) is 0 Å². The molecule has 0 saturated heterocycles. The summed E-state index contributed by atoms with van der Waals surface area (Å²) in [6.07, 6.45) is 0.638. The molecule has 0 aromatic heterocycles. The molecule has 2 nitrogen and oxygen atoms in total. The third kappa shape index (κ3) is 1.74. The highest BCUT2D eigenvalue weighted by atomic mass is 16.1. The molecule has 0 rings (SSSR count). The molecule has 0 aliphatic rings. The summed E-state index contributed by atoms with van der Waals surface area (Å²) in [6.45, 7) is 9.78. The van der Waals surface area contributed by atoms with Crippen LogP contribution in [0.2, 0.25) is 0 Å². The molecule has 1 atom stereocenters. The van der Waals surface area contributed by atoms with Crippen LogP contribution in [0.5, 0.6) is 0 Å². The van der Waals surface area contributed by atoms with Gasteiger partial charge >= 0.3 is 0 Å². The molecule has 0 radical (unpaired) electrons. The molecule has 1 unspecified atom stereocenters. The van der Waals surface area contributed by atoms with Crippen LogP contribution in [0.4, 0.5) is 0 Å². The fourth-order valence-corrected chi connectivity index (χ4v) is 0.470. The molecule has 8 heavy (non-hydrogen) atoms. The summed E-state index contributed by atoms with van der Waals surface area (Å²) < 4.78 is 0. The van der Waals surface area contributed by atoms with Gasteiger partial charge in [-0.05, 0) is 0 Å². The van der Waals surface area contributed by atoms with Crippen LogP contribution in [0.1, 0.15) is 20.3 Å². The second kappa shape index (κ2) is 3.20. The smallest absolute Gasteiger partial charge is 0.280 e. The van der Waals surface area contributed by atoms with E-state index in [2.05, 4.69) is 4.85 Å². The zero-order valence-electron chi connectivity index (χ0n) is 5.14. The lowest BCUT2D eigenvalue weighted by molar-refractivity contribution is -0.117. The first-order valence-electron chi connectivity index (χ1n) is 2.59. The molecule has 0 aromatic carbocycles. The van der Waals surface area contributed by atoms with Crippen LogP contribution >= 0.6 is 0 Å². The number of Topliss-reactive ketones (excluding diaryl/α,β-unsaturated/α-hetero) is 1. The first-order valence-corrected chi connectivity index (χ1v) is 2.59. The average molecular weight is 111 g/mol. The Morgan fingerprint density at radius 1 is 1.88 bits per heavy atom. The lowest BCUT2D eigenvalue weighted by Crippen LogP contribution is -2.10. The standard InChI is InChI=1S/C6H9NO/c1-4-6(7-3)5(2)8/h6H,4H2,1-2H3. The number of carbonyl (C=O) groups is 1. The molecule has 0 fully saturated rings. The molecule has 0 heterocycles. The van der Waals surface area contributed by atoms with E-state index >= 15 is 0 Å². The van der Waals surface area contributed by atoms with Crippen LogP contribution < -0.4 is 0 Å². The minimum absolute atomic E-state index is 0.0255. The van der Waals surface area contributed by atoms with E-state index in [-0.39, 0.29) is 5.78 Å². The van der Waals surface area contributed by atoms with Crippen molar-refractivity contribution in [2.75, 3.05) is 0 Å². The summed E-state index contributed by atoms with van der Waals surface area (Å²) in [5.74, 6) is -0.0255. The van der Waals surface area contributed by atoms with Gasteiger partial charge in [-0.3, -0.25) is 4.79 Å². The molecule has 0 saturated carbocycles. The largest absolute Gasteiger partial charge is 0.305 e. The highest BCUT2D eigenvalue weighted by Crippen LogP contribution is 1.96. The number of carbonyl (C=O) groups excluding carboxylic acids is 1. The quantitative estimate of drug-likeness (QED) is 0.492. The van der Waals surface area contributed by atoms with E-state index in [1.165, 1.54) is 6.92 Å². The molecule has 0 aliphatic carbocycles. The Morgan fingerprint density at radius 2 is 2.38 bits per heavy atom. The van der Waals surface area contributed by atoms with E-state index in [4.69, 9.17) is 6.57 Å². The second-order valence-electron chi connectivity index (χ2n) is 1.66. The zero-order valence-corrected chi connectivity index (χ0v) is 5.14. The Balaban J connectivity index is 3.76. The first kappa shape index (κ1) is 7.16. The zero-order chi connectivity index (χ0) is 6.57. The van der Waals surface area contributed by atoms with Crippen LogP contribution in [0.15, 0.2) is 0 Å². The SMILES string of the molecule is [C-]#[N+]C(CC)C(C)=O. The predicted molar refractivity (Wildman–Crippen MR) is 31.4 cm³/mol. The van der Waals surface area contributed by atoms with Crippen LogP contribution in [-0.4, -0.2) is 11.8 Å². The normalized spacial score (nSPS) is 12.1. The van der Waals surface area contributed by atoms with Crippen molar-refractivity contribution in [3.63, 3.8) is 0 Å². The van der Waals surface area contributed by atoms with Crippen molar-refractivity contribution in [3.05, 3.63) is 11.4 Å². The van der Waals surface area contributed by atoms with Gasteiger partial charge in [0.05, 0.1) is 0 Å². The van der Waals surface area contributed by atoms with Crippen molar-refractivity contribution >= 4 is 5.78 Å². The molecular weight excluding hydrogens is 102 g/mol. The van der Waals surface area contributed by atoms with Crippen LogP contribution in [-0.2, 0) is 4.79 Å². The van der Waals surface area contributed by atoms with Gasteiger partial charge in [-0.1, -0.05) is 6.92 Å². The Morgan fingerprint density at radius 3 is 2.38 bits per heavy atom. The minimum atomic E-state index is -0.394. The number of hydrogen-bond acceptors (Lipinski definition) is 1. The van der Waals surface area contributed by atoms with Gasteiger partial charge in [0, 0.05) is 13.3 Å². The van der Waals surface area contributed by atoms with E-state index < -0.39 is 6.04 Å². The fraction of sp³-hybridized carbons (Fsp3) is 0.667. The van der Waals surface area contributed by atoms with Crippen molar-refractivity contribution in [2.24, 2.45) is 0 Å². The maximum atomic E-state index is 10.4. The van der Waals surface area contributed by atoms with Crippen molar-refractivity contribution < 1.29 is 4.79 Å². The van der Waals surface area contributed by atoms with Crippen LogP contribution in [0, 0.1) is 6.57 Å². The lowest BCUT2D eigenvalue weighted by Gasteiger charge is -1.91. The maximum Gasteiger partial charge on any atom is 0.280 e. The van der Waals surface area contributed by atoms with Gasteiger partial charge in [-0.15, -0.1) is 0 Å². The minimum Gasteiger partial charge on any atom is -0.305 e. The van der Waals surface area contributed by atoms with Crippen molar-refractivity contribution in [1.82, 2.24) is 0 Å². The Hall–Kier alpha value is -0.840. The third-order valence-electron chi connectivity index (χ3n) is 1.01. The first-order chi connectivity index (χ1) is 3.72. The molecule has 2 heteroatoms. The van der Waals surface area contributed by atoms with Gasteiger partial charge in [-0.25, -0.2) is 6.57 Å². The van der Waals surface area contributed by atoms with Gasteiger partial charge in [0.25, 0.3) is 6.04 Å². The summed E-state index contributed by atoms with van der Waals surface area (Å²) in [7, 11) is 0. The van der Waals surface area contributed by atoms with Gasteiger partial charge < -0.3 is 4.85 Å². The van der Waals surface area contributed by atoms with Gasteiger partial charge in [0.1, 0.15) is 0 Å². The summed E-state index contributed by atoms with van der Waals surface area (Å²) in [5, 5.41) is 0. The van der Waals surface area contributed by atoms with Crippen LogP contribution in [0.25, 0.3) is 4.85 Å². The number of rotatable bonds is 2. The number of hydrogen-bond donors (Lipinski definition) is 0. The lowest BCUT2D eigenvalue weighted by atomic mass is 10.2. The summed E-state index contributed by atoms with van der Waals surface area (Å²) in [6, 6.07) is -0.394. The molecular formula is C6H9NO. The summed E-state index contributed by atoms with van der Waals surface area (Å²) in [5.41, 5.74) is 0. The van der Waals surface area contributed by atoms with E-state index in [0.717, 1.165) is 0 Å². The number of nitrogens with zero attached hydrogens (tertiary/aromatic N) is 1. The van der Waals surface area contributed by atoms with E-state index in [1.807, 2.05) is 6.92 Å². The van der Waals surface area contributed by atoms with Gasteiger partial charge in [0.2, 0.25) is 5.78 Å². The Kier molecular flexibility index (Phi) is 2.86. The van der Waals surface area contributed by atoms with Crippen molar-refractivity contribution in [3.8, 4) is 0 Å². The molecule has 0 bridgehead atoms. The molecule has 44 valence electrons. The summed E-state index contributed by atoms with van der Waals surface area (Å²) >= 11 is 0. The monoisotopic (exact) mass is 111 g/mol. The fourth-order valence-electron chi connectivity index (χ4n) is 0.470. The number of ketones is 1. The topological polar surface area (TPSA) is 21.4 Å². The summed E-state index contributed by atoms with van der Waals surface area (Å²) in [4.78, 5) is 13.5. The second-order valence-corrected chi connectivity index (χ2v) is 1.66. The molecule has 0 aromatic rings. The van der Waals surface area contributed by atoms with E-state index in [9.17, 15) is 4.79 Å².